The molecule has 0 radical (unpaired) electrons. The van der Waals surface area contributed by atoms with E-state index in [1.54, 1.807) is 26.8 Å². The van der Waals surface area contributed by atoms with E-state index in [-0.39, 0.29) is 17.6 Å². The predicted octanol–water partition coefficient (Wildman–Crippen LogP) is 1.50. The summed E-state index contributed by atoms with van der Waals surface area (Å²) >= 11 is 2.12. The van der Waals surface area contributed by atoms with E-state index in [1.165, 1.54) is 0 Å². The van der Waals surface area contributed by atoms with Crippen molar-refractivity contribution in [2.24, 2.45) is 0 Å². The number of hydrogen-bond donors (Lipinski definition) is 2. The van der Waals surface area contributed by atoms with Crippen LogP contribution >= 0.6 is 22.6 Å². The lowest BCUT2D eigenvalue weighted by atomic mass is 10.0. The Balaban J connectivity index is 2.66. The van der Waals surface area contributed by atoms with E-state index in [1.807, 2.05) is 0 Å². The SMILES string of the molecule is CC(NC(=O)c1cc(CI)on1)C(C)(C)O. The van der Waals surface area contributed by atoms with Gasteiger partial charge in [0.15, 0.2) is 5.69 Å². The molecule has 1 rings (SSSR count). The Morgan fingerprint density at radius 2 is 2.38 bits per heavy atom. The largest absolute Gasteiger partial charge is 0.388 e. The van der Waals surface area contributed by atoms with Crippen LogP contribution in [-0.2, 0) is 4.43 Å². The van der Waals surface area contributed by atoms with Gasteiger partial charge in [0.1, 0.15) is 5.76 Å². The molecular weight excluding hydrogens is 323 g/mol. The van der Waals surface area contributed by atoms with Crippen molar-refractivity contribution in [2.75, 3.05) is 0 Å². The average Bonchev–Trinajstić information content (AvgIpc) is 2.64. The number of aliphatic hydroxyl groups is 1. The summed E-state index contributed by atoms with van der Waals surface area (Å²) in [6.07, 6.45) is 0. The van der Waals surface area contributed by atoms with Gasteiger partial charge < -0.3 is 14.9 Å². The van der Waals surface area contributed by atoms with Crippen LogP contribution in [0.2, 0.25) is 0 Å². The van der Waals surface area contributed by atoms with Crippen molar-refractivity contribution in [3.8, 4) is 0 Å². The van der Waals surface area contributed by atoms with Gasteiger partial charge in [0.25, 0.3) is 5.91 Å². The average molecular weight is 338 g/mol. The molecule has 5 nitrogen and oxygen atoms in total. The highest BCUT2D eigenvalue weighted by molar-refractivity contribution is 14.1. The normalized spacial score (nSPS) is 13.6. The highest BCUT2D eigenvalue weighted by Gasteiger charge is 2.25. The second-order valence-corrected chi connectivity index (χ2v) is 4.92. The Morgan fingerprint density at radius 1 is 1.75 bits per heavy atom. The van der Waals surface area contributed by atoms with Crippen LogP contribution in [0.15, 0.2) is 10.6 Å². The zero-order valence-electron chi connectivity index (χ0n) is 9.45. The van der Waals surface area contributed by atoms with Crippen LogP contribution in [0.4, 0.5) is 0 Å². The number of alkyl halides is 1. The minimum atomic E-state index is -0.967. The Morgan fingerprint density at radius 3 is 2.81 bits per heavy atom. The van der Waals surface area contributed by atoms with Crippen molar-refractivity contribution in [1.29, 1.82) is 0 Å². The number of amides is 1. The molecular formula is C10H15IN2O3. The summed E-state index contributed by atoms with van der Waals surface area (Å²) in [5, 5.41) is 16.0. The first-order valence-corrected chi connectivity index (χ1v) is 6.42. The topological polar surface area (TPSA) is 75.4 Å². The third-order valence-electron chi connectivity index (χ3n) is 2.33. The highest BCUT2D eigenvalue weighted by atomic mass is 127. The Bertz CT molecular complexity index is 370. The van der Waals surface area contributed by atoms with Crippen LogP contribution in [0, 0.1) is 0 Å². The van der Waals surface area contributed by atoms with E-state index in [9.17, 15) is 9.90 Å². The maximum Gasteiger partial charge on any atom is 0.273 e. The summed E-state index contributed by atoms with van der Waals surface area (Å²) in [7, 11) is 0. The molecule has 90 valence electrons. The first-order chi connectivity index (χ1) is 7.34. The van der Waals surface area contributed by atoms with E-state index in [0.717, 1.165) is 0 Å². The molecule has 1 unspecified atom stereocenters. The van der Waals surface area contributed by atoms with E-state index in [4.69, 9.17) is 4.52 Å². The molecule has 2 N–H and O–H groups in total. The zero-order valence-corrected chi connectivity index (χ0v) is 11.6. The fraction of sp³-hybridized carbons (Fsp3) is 0.600. The van der Waals surface area contributed by atoms with Crippen LogP contribution in [0.25, 0.3) is 0 Å². The number of nitrogens with one attached hydrogen (secondary N) is 1. The summed E-state index contributed by atoms with van der Waals surface area (Å²) in [5.41, 5.74) is -0.728. The van der Waals surface area contributed by atoms with E-state index in [2.05, 4.69) is 33.1 Å². The maximum atomic E-state index is 11.7. The molecule has 0 aliphatic rings. The quantitative estimate of drug-likeness (QED) is 0.644. The summed E-state index contributed by atoms with van der Waals surface area (Å²) in [6, 6.07) is 1.23. The maximum absolute atomic E-state index is 11.7. The molecule has 0 aliphatic heterocycles. The minimum absolute atomic E-state index is 0.239. The molecule has 1 aromatic heterocycles. The van der Waals surface area contributed by atoms with Crippen LogP contribution in [0.3, 0.4) is 0 Å². The molecule has 0 saturated heterocycles. The molecule has 0 spiro atoms. The monoisotopic (exact) mass is 338 g/mol. The van der Waals surface area contributed by atoms with Gasteiger partial charge in [-0.15, -0.1) is 0 Å². The lowest BCUT2D eigenvalue weighted by Crippen LogP contribution is -2.47. The Kier molecular flexibility index (Phi) is 4.31. The smallest absolute Gasteiger partial charge is 0.273 e. The van der Waals surface area contributed by atoms with Gasteiger partial charge >= 0.3 is 0 Å². The predicted molar refractivity (Wildman–Crippen MR) is 67.5 cm³/mol. The lowest BCUT2D eigenvalue weighted by molar-refractivity contribution is 0.0406. The minimum Gasteiger partial charge on any atom is -0.388 e. The van der Waals surface area contributed by atoms with Gasteiger partial charge in [-0.25, -0.2) is 0 Å². The van der Waals surface area contributed by atoms with Crippen molar-refractivity contribution in [3.05, 3.63) is 17.5 Å². The molecule has 1 heterocycles. The first kappa shape index (κ1) is 13.4. The van der Waals surface area contributed by atoms with Crippen molar-refractivity contribution < 1.29 is 14.4 Å². The van der Waals surface area contributed by atoms with Gasteiger partial charge in [-0.1, -0.05) is 27.7 Å². The number of rotatable bonds is 4. The summed E-state index contributed by atoms with van der Waals surface area (Å²) in [5.74, 6) is 0.316. The van der Waals surface area contributed by atoms with Crippen molar-refractivity contribution >= 4 is 28.5 Å². The molecule has 6 heteroatoms. The molecule has 0 saturated carbocycles. The van der Waals surface area contributed by atoms with Crippen LogP contribution in [0.5, 0.6) is 0 Å². The van der Waals surface area contributed by atoms with E-state index >= 15 is 0 Å². The van der Waals surface area contributed by atoms with Crippen LogP contribution in [0.1, 0.15) is 37.0 Å². The number of halogens is 1. The van der Waals surface area contributed by atoms with Gasteiger partial charge in [-0.2, -0.15) is 0 Å². The summed E-state index contributed by atoms with van der Waals surface area (Å²) in [6.45, 7) is 5.01. The van der Waals surface area contributed by atoms with Gasteiger partial charge in [0.05, 0.1) is 16.1 Å². The third-order valence-corrected chi connectivity index (χ3v) is 3.08. The number of hydrogen-bond acceptors (Lipinski definition) is 4. The highest BCUT2D eigenvalue weighted by Crippen LogP contribution is 2.11. The first-order valence-electron chi connectivity index (χ1n) is 4.89. The molecule has 0 fully saturated rings. The fourth-order valence-electron chi connectivity index (χ4n) is 0.930. The molecule has 0 aromatic carbocycles. The number of aromatic nitrogens is 1. The van der Waals surface area contributed by atoms with Crippen molar-refractivity contribution in [1.82, 2.24) is 10.5 Å². The van der Waals surface area contributed by atoms with Crippen LogP contribution < -0.4 is 5.32 Å². The molecule has 1 atom stereocenters. The number of nitrogens with zero attached hydrogens (tertiary/aromatic N) is 1. The number of carbonyl (C=O) groups is 1. The zero-order chi connectivity index (χ0) is 12.3. The second-order valence-electron chi connectivity index (χ2n) is 4.16. The van der Waals surface area contributed by atoms with Crippen LogP contribution in [-0.4, -0.2) is 27.8 Å². The van der Waals surface area contributed by atoms with E-state index in [0.29, 0.717) is 10.2 Å². The molecule has 1 aromatic rings. The molecule has 1 amide bonds. The Hall–Kier alpha value is -0.630. The van der Waals surface area contributed by atoms with Gasteiger partial charge in [-0.05, 0) is 20.8 Å². The van der Waals surface area contributed by atoms with E-state index < -0.39 is 5.60 Å². The summed E-state index contributed by atoms with van der Waals surface area (Å²) < 4.78 is 5.59. The third kappa shape index (κ3) is 3.44. The molecule has 16 heavy (non-hydrogen) atoms. The molecule has 0 aliphatic carbocycles. The second kappa shape index (κ2) is 5.13. The van der Waals surface area contributed by atoms with Gasteiger partial charge in [-0.3, -0.25) is 4.79 Å². The summed E-state index contributed by atoms with van der Waals surface area (Å²) in [4.78, 5) is 11.7. The fourth-order valence-corrected chi connectivity index (χ4v) is 1.29. The Labute approximate surface area is 108 Å². The van der Waals surface area contributed by atoms with Gasteiger partial charge in [0, 0.05) is 6.07 Å². The van der Waals surface area contributed by atoms with Crippen molar-refractivity contribution in [3.63, 3.8) is 0 Å². The lowest BCUT2D eigenvalue weighted by Gasteiger charge is -2.26. The molecule has 0 bridgehead atoms. The standard InChI is InChI=1S/C10H15IN2O3/c1-6(10(2,3)15)12-9(14)8-4-7(5-11)16-13-8/h4,6,15H,5H2,1-3H3,(H,12,14). The number of carbonyl (C=O) groups excluding carboxylic acids is 1. The van der Waals surface area contributed by atoms with Gasteiger partial charge in [0.2, 0.25) is 0 Å². The van der Waals surface area contributed by atoms with Crippen molar-refractivity contribution in [2.45, 2.75) is 36.8 Å².